The first-order valence-corrected chi connectivity index (χ1v) is 6.83. The summed E-state index contributed by atoms with van der Waals surface area (Å²) >= 11 is 3.47. The number of halogens is 1. The molecule has 18 heavy (non-hydrogen) atoms. The van der Waals surface area contributed by atoms with E-state index >= 15 is 0 Å². The van der Waals surface area contributed by atoms with Crippen LogP contribution in [0.3, 0.4) is 0 Å². The minimum absolute atomic E-state index is 0.106. The van der Waals surface area contributed by atoms with Crippen LogP contribution in [0.4, 0.5) is 0 Å². The molecule has 0 aromatic heterocycles. The second kappa shape index (κ2) is 5.91. The molecule has 0 amide bonds. The van der Waals surface area contributed by atoms with Crippen molar-refractivity contribution in [3.05, 3.63) is 22.2 Å². The summed E-state index contributed by atoms with van der Waals surface area (Å²) in [6, 6.07) is 4.08. The molecule has 1 aliphatic rings. The first-order valence-electron chi connectivity index (χ1n) is 6.04. The van der Waals surface area contributed by atoms with Gasteiger partial charge in [0, 0.05) is 12.6 Å². The van der Waals surface area contributed by atoms with Crippen molar-refractivity contribution in [3.63, 3.8) is 0 Å². The molecular formula is C13H18BrNO3. The second-order valence-corrected chi connectivity index (χ2v) is 5.58. The van der Waals surface area contributed by atoms with Gasteiger partial charge in [-0.25, -0.2) is 0 Å². The van der Waals surface area contributed by atoms with E-state index in [2.05, 4.69) is 35.1 Å². The molecule has 1 aromatic rings. The fourth-order valence-corrected chi connectivity index (χ4v) is 2.49. The quantitative estimate of drug-likeness (QED) is 0.875. The van der Waals surface area contributed by atoms with E-state index in [4.69, 9.17) is 9.47 Å². The maximum absolute atomic E-state index is 9.27. The third-order valence-corrected chi connectivity index (χ3v) is 3.65. The van der Waals surface area contributed by atoms with Gasteiger partial charge in [-0.1, -0.05) is 13.8 Å². The van der Waals surface area contributed by atoms with Crippen molar-refractivity contribution >= 4 is 15.9 Å². The van der Waals surface area contributed by atoms with E-state index in [-0.39, 0.29) is 19.4 Å². The summed E-state index contributed by atoms with van der Waals surface area (Å²) in [4.78, 5) is 0. The highest BCUT2D eigenvalue weighted by molar-refractivity contribution is 9.10. The largest absolute Gasteiger partial charge is 0.454 e. The van der Waals surface area contributed by atoms with Crippen LogP contribution in [0, 0.1) is 5.92 Å². The molecule has 0 radical (unpaired) electrons. The number of rotatable bonds is 5. The maximum Gasteiger partial charge on any atom is 0.231 e. The molecule has 1 aliphatic heterocycles. The van der Waals surface area contributed by atoms with Gasteiger partial charge in [0.15, 0.2) is 11.5 Å². The predicted molar refractivity (Wildman–Crippen MR) is 72.8 cm³/mol. The topological polar surface area (TPSA) is 50.7 Å². The number of nitrogens with one attached hydrogen (secondary N) is 1. The van der Waals surface area contributed by atoms with Gasteiger partial charge in [-0.3, -0.25) is 0 Å². The molecule has 1 atom stereocenters. The molecule has 1 aromatic carbocycles. The number of aliphatic hydroxyl groups is 1. The van der Waals surface area contributed by atoms with Gasteiger partial charge >= 0.3 is 0 Å². The molecule has 0 spiro atoms. The van der Waals surface area contributed by atoms with Crippen molar-refractivity contribution in [3.8, 4) is 11.5 Å². The molecule has 2 N–H and O–H groups in total. The Hall–Kier alpha value is -0.780. The standard InChI is InChI=1S/C13H18BrNO3/c1-8(2)11(6-16)15-5-9-3-10(14)13-12(4-9)17-7-18-13/h3-4,8,11,15-16H,5-7H2,1-2H3. The molecule has 0 bridgehead atoms. The van der Waals surface area contributed by atoms with Crippen LogP contribution in [0.5, 0.6) is 11.5 Å². The average molecular weight is 316 g/mol. The minimum atomic E-state index is 0.106. The van der Waals surface area contributed by atoms with Crippen LogP contribution in [0.2, 0.25) is 0 Å². The zero-order valence-corrected chi connectivity index (χ0v) is 12.2. The van der Waals surface area contributed by atoms with Crippen LogP contribution < -0.4 is 14.8 Å². The SMILES string of the molecule is CC(C)C(CO)NCc1cc(Br)c2c(c1)OCO2. The number of fused-ring (bicyclic) bond motifs is 1. The Morgan fingerprint density at radius 2 is 2.17 bits per heavy atom. The molecule has 1 heterocycles. The lowest BCUT2D eigenvalue weighted by Gasteiger charge is -2.20. The van der Waals surface area contributed by atoms with Crippen molar-refractivity contribution in [2.24, 2.45) is 5.92 Å². The molecular weight excluding hydrogens is 298 g/mol. The Morgan fingerprint density at radius 1 is 1.39 bits per heavy atom. The summed E-state index contributed by atoms with van der Waals surface area (Å²) in [5.74, 6) is 1.93. The molecule has 0 saturated heterocycles. The zero-order valence-electron chi connectivity index (χ0n) is 10.6. The zero-order chi connectivity index (χ0) is 13.1. The lowest BCUT2D eigenvalue weighted by molar-refractivity contribution is 0.173. The van der Waals surface area contributed by atoms with Crippen LogP contribution in [-0.4, -0.2) is 24.5 Å². The Kier molecular flexibility index (Phi) is 4.48. The van der Waals surface area contributed by atoms with Crippen LogP contribution in [-0.2, 0) is 6.54 Å². The number of benzene rings is 1. The molecule has 0 aliphatic carbocycles. The predicted octanol–water partition coefficient (Wildman–Crippen LogP) is 2.28. The highest BCUT2D eigenvalue weighted by Gasteiger charge is 2.18. The van der Waals surface area contributed by atoms with E-state index in [1.54, 1.807) is 0 Å². The lowest BCUT2D eigenvalue weighted by Crippen LogP contribution is -2.36. The summed E-state index contributed by atoms with van der Waals surface area (Å²) in [5, 5.41) is 12.6. The van der Waals surface area contributed by atoms with E-state index in [0.29, 0.717) is 12.5 Å². The second-order valence-electron chi connectivity index (χ2n) is 4.73. The van der Waals surface area contributed by atoms with Gasteiger partial charge in [0.2, 0.25) is 6.79 Å². The number of ether oxygens (including phenoxy) is 2. The Balaban J connectivity index is 2.04. The van der Waals surface area contributed by atoms with Crippen molar-refractivity contribution in [2.45, 2.75) is 26.4 Å². The fraction of sp³-hybridized carbons (Fsp3) is 0.538. The Bertz CT molecular complexity index is 423. The lowest BCUT2D eigenvalue weighted by atomic mass is 10.0. The molecule has 5 heteroatoms. The summed E-state index contributed by atoms with van der Waals surface area (Å²) in [5.41, 5.74) is 1.10. The van der Waals surface area contributed by atoms with Gasteiger partial charge in [0.25, 0.3) is 0 Å². The summed E-state index contributed by atoms with van der Waals surface area (Å²) in [6.45, 7) is 5.28. The van der Waals surface area contributed by atoms with Crippen molar-refractivity contribution in [1.82, 2.24) is 5.32 Å². The number of aliphatic hydroxyl groups excluding tert-OH is 1. The summed E-state index contributed by atoms with van der Waals surface area (Å²) in [6.07, 6.45) is 0. The van der Waals surface area contributed by atoms with E-state index < -0.39 is 0 Å². The molecule has 4 nitrogen and oxygen atoms in total. The first-order chi connectivity index (χ1) is 8.61. The first kappa shape index (κ1) is 13.6. The molecule has 0 fully saturated rings. The Labute approximate surface area is 115 Å². The van der Waals surface area contributed by atoms with Gasteiger partial charge in [-0.15, -0.1) is 0 Å². The summed E-state index contributed by atoms with van der Waals surface area (Å²) in [7, 11) is 0. The average Bonchev–Trinajstić information content (AvgIpc) is 2.78. The van der Waals surface area contributed by atoms with E-state index in [1.807, 2.05) is 12.1 Å². The fourth-order valence-electron chi connectivity index (χ4n) is 1.88. The van der Waals surface area contributed by atoms with Crippen LogP contribution in [0.15, 0.2) is 16.6 Å². The van der Waals surface area contributed by atoms with Gasteiger partial charge in [-0.05, 0) is 39.5 Å². The highest BCUT2D eigenvalue weighted by Crippen LogP contribution is 2.39. The van der Waals surface area contributed by atoms with Gasteiger partial charge in [0.05, 0.1) is 11.1 Å². The van der Waals surface area contributed by atoms with Crippen LogP contribution in [0.25, 0.3) is 0 Å². The van der Waals surface area contributed by atoms with Crippen molar-refractivity contribution in [2.75, 3.05) is 13.4 Å². The van der Waals surface area contributed by atoms with Gasteiger partial charge in [-0.2, -0.15) is 0 Å². The molecule has 0 saturated carbocycles. The van der Waals surface area contributed by atoms with Crippen molar-refractivity contribution in [1.29, 1.82) is 0 Å². The van der Waals surface area contributed by atoms with Crippen LogP contribution >= 0.6 is 15.9 Å². The molecule has 100 valence electrons. The minimum Gasteiger partial charge on any atom is -0.454 e. The maximum atomic E-state index is 9.27. The molecule has 2 rings (SSSR count). The van der Waals surface area contributed by atoms with E-state index in [0.717, 1.165) is 21.5 Å². The monoisotopic (exact) mass is 315 g/mol. The third kappa shape index (κ3) is 2.96. The van der Waals surface area contributed by atoms with Gasteiger partial charge in [0.1, 0.15) is 0 Å². The number of hydrogen-bond acceptors (Lipinski definition) is 4. The van der Waals surface area contributed by atoms with Crippen LogP contribution in [0.1, 0.15) is 19.4 Å². The smallest absolute Gasteiger partial charge is 0.231 e. The Morgan fingerprint density at radius 3 is 2.83 bits per heavy atom. The van der Waals surface area contributed by atoms with E-state index in [1.165, 1.54) is 0 Å². The van der Waals surface area contributed by atoms with Gasteiger partial charge < -0.3 is 19.9 Å². The van der Waals surface area contributed by atoms with Crippen molar-refractivity contribution < 1.29 is 14.6 Å². The highest BCUT2D eigenvalue weighted by atomic mass is 79.9. The normalized spacial score (nSPS) is 15.2. The van der Waals surface area contributed by atoms with E-state index in [9.17, 15) is 5.11 Å². The molecule has 1 unspecified atom stereocenters. The number of hydrogen-bond donors (Lipinski definition) is 2. The third-order valence-electron chi connectivity index (χ3n) is 3.06. The summed E-state index contributed by atoms with van der Waals surface area (Å²) < 4.78 is 11.6.